The molecule has 0 aromatic heterocycles. The second-order valence-electron chi connectivity index (χ2n) is 5.05. The molecule has 112 valence electrons. The summed E-state index contributed by atoms with van der Waals surface area (Å²) in [5.41, 5.74) is 6.99. The lowest BCUT2D eigenvalue weighted by Crippen LogP contribution is -2.33. The molecule has 0 heterocycles. The number of nitrogens with one attached hydrogen (secondary N) is 1. The van der Waals surface area contributed by atoms with Gasteiger partial charge < -0.3 is 15.8 Å². The second-order valence-corrected chi connectivity index (χ2v) is 5.05. The van der Waals surface area contributed by atoms with Crippen LogP contribution in [-0.2, 0) is 4.79 Å². The number of carbonyl (C=O) groups is 1. The molecule has 1 aromatic rings. The SMILES string of the molecule is CCCC(N)CC(=O)NC(CC)c1ccc(OC)cc1. The standard InChI is InChI=1S/C16H26N2O2/c1-4-6-13(17)11-16(19)18-15(5-2)12-7-9-14(20-3)10-8-12/h7-10,13,15H,4-6,11,17H2,1-3H3,(H,18,19). The first-order valence-electron chi connectivity index (χ1n) is 7.29. The van der Waals surface area contributed by atoms with Crippen molar-refractivity contribution in [1.82, 2.24) is 5.32 Å². The fourth-order valence-electron chi connectivity index (χ4n) is 2.22. The topological polar surface area (TPSA) is 64.4 Å². The Hall–Kier alpha value is -1.55. The van der Waals surface area contributed by atoms with Crippen LogP contribution in [0.1, 0.15) is 51.1 Å². The molecule has 0 aliphatic carbocycles. The summed E-state index contributed by atoms with van der Waals surface area (Å²) in [6, 6.07) is 7.77. The summed E-state index contributed by atoms with van der Waals surface area (Å²) in [5, 5.41) is 3.05. The van der Waals surface area contributed by atoms with Gasteiger partial charge in [0.05, 0.1) is 13.2 Å². The van der Waals surface area contributed by atoms with Gasteiger partial charge in [0.2, 0.25) is 5.91 Å². The van der Waals surface area contributed by atoms with E-state index >= 15 is 0 Å². The average molecular weight is 278 g/mol. The third-order valence-corrected chi connectivity index (χ3v) is 3.37. The van der Waals surface area contributed by atoms with E-state index < -0.39 is 0 Å². The summed E-state index contributed by atoms with van der Waals surface area (Å²) in [6.07, 6.45) is 3.12. The van der Waals surface area contributed by atoms with Gasteiger partial charge in [0.1, 0.15) is 5.75 Å². The van der Waals surface area contributed by atoms with E-state index in [0.717, 1.165) is 30.6 Å². The summed E-state index contributed by atoms with van der Waals surface area (Å²) in [4.78, 5) is 12.0. The van der Waals surface area contributed by atoms with Crippen LogP contribution in [0.2, 0.25) is 0 Å². The highest BCUT2D eigenvalue weighted by Crippen LogP contribution is 2.20. The lowest BCUT2D eigenvalue weighted by molar-refractivity contribution is -0.122. The van der Waals surface area contributed by atoms with Crippen LogP contribution in [0.4, 0.5) is 0 Å². The van der Waals surface area contributed by atoms with Crippen molar-refractivity contribution in [1.29, 1.82) is 0 Å². The molecular formula is C16H26N2O2. The predicted molar refractivity (Wildman–Crippen MR) is 81.7 cm³/mol. The summed E-state index contributed by atoms with van der Waals surface area (Å²) < 4.78 is 5.14. The number of hydrogen-bond donors (Lipinski definition) is 2. The van der Waals surface area contributed by atoms with Gasteiger partial charge in [-0.15, -0.1) is 0 Å². The van der Waals surface area contributed by atoms with Gasteiger partial charge in [-0.1, -0.05) is 32.4 Å². The molecule has 0 aliphatic rings. The van der Waals surface area contributed by atoms with Gasteiger partial charge in [-0.05, 0) is 30.5 Å². The summed E-state index contributed by atoms with van der Waals surface area (Å²) in [7, 11) is 1.64. The van der Waals surface area contributed by atoms with Crippen LogP contribution in [-0.4, -0.2) is 19.1 Å². The Labute approximate surface area is 121 Å². The number of benzene rings is 1. The minimum absolute atomic E-state index is 0.0219. The molecule has 1 rings (SSSR count). The molecule has 0 saturated heterocycles. The maximum absolute atomic E-state index is 12.0. The van der Waals surface area contributed by atoms with Crippen LogP contribution < -0.4 is 15.8 Å². The number of rotatable bonds is 8. The van der Waals surface area contributed by atoms with Gasteiger partial charge in [-0.25, -0.2) is 0 Å². The average Bonchev–Trinajstić information content (AvgIpc) is 2.45. The molecule has 2 atom stereocenters. The summed E-state index contributed by atoms with van der Waals surface area (Å²) >= 11 is 0. The lowest BCUT2D eigenvalue weighted by atomic mass is 10.0. The summed E-state index contributed by atoms with van der Waals surface area (Å²) in [5.74, 6) is 0.841. The lowest BCUT2D eigenvalue weighted by Gasteiger charge is -2.19. The van der Waals surface area contributed by atoms with Crippen LogP contribution in [0.25, 0.3) is 0 Å². The maximum Gasteiger partial charge on any atom is 0.222 e. The van der Waals surface area contributed by atoms with E-state index in [2.05, 4.69) is 19.2 Å². The van der Waals surface area contributed by atoms with Crippen LogP contribution in [0, 0.1) is 0 Å². The Morgan fingerprint density at radius 1 is 1.30 bits per heavy atom. The Kier molecular flexibility index (Phi) is 7.09. The fourth-order valence-corrected chi connectivity index (χ4v) is 2.22. The molecule has 4 heteroatoms. The molecule has 3 N–H and O–H groups in total. The molecule has 4 nitrogen and oxygen atoms in total. The zero-order valence-electron chi connectivity index (χ0n) is 12.7. The van der Waals surface area contributed by atoms with E-state index in [1.165, 1.54) is 0 Å². The Morgan fingerprint density at radius 2 is 1.95 bits per heavy atom. The minimum Gasteiger partial charge on any atom is -0.497 e. The van der Waals surface area contributed by atoms with Gasteiger partial charge in [0.25, 0.3) is 0 Å². The molecule has 0 aliphatic heterocycles. The molecule has 0 saturated carbocycles. The van der Waals surface area contributed by atoms with E-state index in [9.17, 15) is 4.79 Å². The molecule has 0 fully saturated rings. The van der Waals surface area contributed by atoms with Crippen molar-refractivity contribution < 1.29 is 9.53 Å². The minimum atomic E-state index is -0.0478. The predicted octanol–water partition coefficient (Wildman–Crippen LogP) is 2.78. The number of amides is 1. The Morgan fingerprint density at radius 3 is 2.45 bits per heavy atom. The van der Waals surface area contributed by atoms with Crippen LogP contribution in [0.3, 0.4) is 0 Å². The van der Waals surface area contributed by atoms with Crippen molar-refractivity contribution in [3.05, 3.63) is 29.8 Å². The van der Waals surface area contributed by atoms with E-state index in [-0.39, 0.29) is 18.0 Å². The van der Waals surface area contributed by atoms with E-state index in [4.69, 9.17) is 10.5 Å². The highest BCUT2D eigenvalue weighted by Gasteiger charge is 2.15. The Bertz CT molecular complexity index is 403. The smallest absolute Gasteiger partial charge is 0.222 e. The van der Waals surface area contributed by atoms with E-state index in [1.807, 2.05) is 24.3 Å². The third-order valence-electron chi connectivity index (χ3n) is 3.37. The first-order chi connectivity index (χ1) is 9.60. The van der Waals surface area contributed by atoms with Gasteiger partial charge in [0, 0.05) is 12.5 Å². The quantitative estimate of drug-likeness (QED) is 0.768. The van der Waals surface area contributed by atoms with Gasteiger partial charge in [-0.3, -0.25) is 4.79 Å². The van der Waals surface area contributed by atoms with Crippen molar-refractivity contribution in [2.75, 3.05) is 7.11 Å². The van der Waals surface area contributed by atoms with Crippen molar-refractivity contribution in [2.24, 2.45) is 5.73 Å². The van der Waals surface area contributed by atoms with Crippen LogP contribution in [0.15, 0.2) is 24.3 Å². The largest absolute Gasteiger partial charge is 0.497 e. The number of methoxy groups -OCH3 is 1. The van der Waals surface area contributed by atoms with Crippen molar-refractivity contribution in [3.8, 4) is 5.75 Å². The first-order valence-corrected chi connectivity index (χ1v) is 7.29. The first kappa shape index (κ1) is 16.5. The van der Waals surface area contributed by atoms with Gasteiger partial charge in [-0.2, -0.15) is 0 Å². The molecule has 0 radical (unpaired) electrons. The zero-order valence-corrected chi connectivity index (χ0v) is 12.7. The van der Waals surface area contributed by atoms with E-state index in [1.54, 1.807) is 7.11 Å². The molecule has 20 heavy (non-hydrogen) atoms. The number of ether oxygens (including phenoxy) is 1. The van der Waals surface area contributed by atoms with Gasteiger partial charge in [0.15, 0.2) is 0 Å². The van der Waals surface area contributed by atoms with Crippen molar-refractivity contribution >= 4 is 5.91 Å². The van der Waals surface area contributed by atoms with Gasteiger partial charge >= 0.3 is 0 Å². The second kappa shape index (κ2) is 8.59. The molecule has 2 unspecified atom stereocenters. The van der Waals surface area contributed by atoms with Crippen LogP contribution >= 0.6 is 0 Å². The zero-order chi connectivity index (χ0) is 15.0. The third kappa shape index (κ3) is 5.21. The Balaban J connectivity index is 2.59. The highest BCUT2D eigenvalue weighted by atomic mass is 16.5. The van der Waals surface area contributed by atoms with E-state index in [0.29, 0.717) is 6.42 Å². The molecular weight excluding hydrogens is 252 g/mol. The number of carbonyl (C=O) groups excluding carboxylic acids is 1. The number of nitrogens with two attached hydrogens (primary N) is 1. The summed E-state index contributed by atoms with van der Waals surface area (Å²) in [6.45, 7) is 4.13. The molecule has 1 amide bonds. The molecule has 0 spiro atoms. The highest BCUT2D eigenvalue weighted by molar-refractivity contribution is 5.77. The monoisotopic (exact) mass is 278 g/mol. The van der Waals surface area contributed by atoms with Crippen molar-refractivity contribution in [2.45, 2.75) is 51.6 Å². The normalized spacial score (nSPS) is 13.6. The maximum atomic E-state index is 12.0. The fraction of sp³-hybridized carbons (Fsp3) is 0.562. The molecule has 1 aromatic carbocycles. The van der Waals surface area contributed by atoms with Crippen molar-refractivity contribution in [3.63, 3.8) is 0 Å². The molecule has 0 bridgehead atoms. The number of hydrogen-bond acceptors (Lipinski definition) is 3. The van der Waals surface area contributed by atoms with Crippen LogP contribution in [0.5, 0.6) is 5.75 Å².